The van der Waals surface area contributed by atoms with Crippen LogP contribution >= 0.6 is 0 Å². The summed E-state index contributed by atoms with van der Waals surface area (Å²) in [4.78, 5) is 24.6. The molecule has 0 saturated carbocycles. The van der Waals surface area contributed by atoms with Gasteiger partial charge in [0.15, 0.2) is 0 Å². The summed E-state index contributed by atoms with van der Waals surface area (Å²) in [6, 6.07) is 1.63. The average molecular weight is 372 g/mol. The molecule has 1 aromatic heterocycles. The lowest BCUT2D eigenvalue weighted by molar-refractivity contribution is -0.141. The molecule has 6 nitrogen and oxygen atoms in total. The van der Waals surface area contributed by atoms with Crippen LogP contribution in [-0.4, -0.2) is 36.4 Å². The lowest BCUT2D eigenvalue weighted by Crippen LogP contribution is -2.22. The van der Waals surface area contributed by atoms with Crippen LogP contribution in [-0.2, 0) is 20.7 Å². The molecule has 6 heteroatoms. The number of ether oxygens (including phenoxy) is 2. The largest absolute Gasteiger partial charge is 0.465 e. The second kappa shape index (κ2) is 7.19. The summed E-state index contributed by atoms with van der Waals surface area (Å²) >= 11 is 0. The van der Waals surface area contributed by atoms with Gasteiger partial charge < -0.3 is 19.0 Å². The molecule has 1 aromatic rings. The van der Waals surface area contributed by atoms with Crippen molar-refractivity contribution in [3.8, 4) is 0 Å². The summed E-state index contributed by atoms with van der Waals surface area (Å²) in [6.45, 7) is 11.6. The molecule has 0 amide bonds. The number of rotatable bonds is 3. The van der Waals surface area contributed by atoms with Crippen LogP contribution in [0, 0.1) is 5.92 Å². The van der Waals surface area contributed by atoms with Gasteiger partial charge in [0.2, 0.25) is 0 Å². The van der Waals surface area contributed by atoms with E-state index in [4.69, 9.17) is 13.9 Å². The van der Waals surface area contributed by atoms with Crippen molar-refractivity contribution in [2.45, 2.75) is 44.8 Å². The van der Waals surface area contributed by atoms with Crippen molar-refractivity contribution >= 4 is 11.9 Å². The number of esters is 2. The quantitative estimate of drug-likeness (QED) is 0.648. The summed E-state index contributed by atoms with van der Waals surface area (Å²) < 4.78 is 16.4. The summed E-state index contributed by atoms with van der Waals surface area (Å²) in [5, 5.41) is 10.6. The van der Waals surface area contributed by atoms with Crippen LogP contribution < -0.4 is 0 Å². The van der Waals surface area contributed by atoms with Crippen LogP contribution in [0.3, 0.4) is 0 Å². The Labute approximate surface area is 158 Å². The maximum Gasteiger partial charge on any atom is 0.341 e. The molecule has 4 atom stereocenters. The maximum absolute atomic E-state index is 12.3. The first-order chi connectivity index (χ1) is 12.7. The van der Waals surface area contributed by atoms with Crippen LogP contribution in [0.5, 0.6) is 0 Å². The Morgan fingerprint density at radius 2 is 2.00 bits per heavy atom. The van der Waals surface area contributed by atoms with Gasteiger partial charge in [-0.15, -0.1) is 0 Å². The smallest absolute Gasteiger partial charge is 0.341 e. The highest BCUT2D eigenvalue weighted by atomic mass is 16.6. The van der Waals surface area contributed by atoms with Crippen LogP contribution in [0.4, 0.5) is 0 Å². The van der Waals surface area contributed by atoms with Gasteiger partial charge >= 0.3 is 11.9 Å². The first kappa shape index (κ1) is 19.2. The number of hydrogen-bond donors (Lipinski definition) is 1. The second-order valence-corrected chi connectivity index (χ2v) is 7.29. The summed E-state index contributed by atoms with van der Waals surface area (Å²) in [6.07, 6.45) is 0.644. The van der Waals surface area contributed by atoms with Crippen molar-refractivity contribution in [3.63, 3.8) is 0 Å². The van der Waals surface area contributed by atoms with Crippen molar-refractivity contribution < 1.29 is 28.6 Å². The maximum atomic E-state index is 12.3. The van der Waals surface area contributed by atoms with Crippen LogP contribution in [0.1, 0.15) is 48.1 Å². The molecule has 0 fully saturated rings. The minimum Gasteiger partial charge on any atom is -0.465 e. The van der Waals surface area contributed by atoms with Gasteiger partial charge in [-0.1, -0.05) is 24.3 Å². The van der Waals surface area contributed by atoms with Gasteiger partial charge in [-0.2, -0.15) is 0 Å². The standard InChI is InChI=1S/C21H24O6/c1-10(2)12-6-15(22)13-8-18(27-21(13)24)19(11(3)4)17-9-14(20(23)25-5)16(7-12)26-17/h8-9,12,15,18-19,22H,1,3,6-7H2,2,4-5H3/t12-,15+,18+,19-/m0/s1. The molecule has 3 rings (SSSR count). The number of aliphatic hydroxyl groups excluding tert-OH is 1. The molecule has 0 spiro atoms. The second-order valence-electron chi connectivity index (χ2n) is 7.29. The minimum atomic E-state index is -0.984. The molecule has 2 aliphatic rings. The van der Waals surface area contributed by atoms with E-state index in [0.717, 1.165) is 5.57 Å². The predicted molar refractivity (Wildman–Crippen MR) is 98.2 cm³/mol. The molecule has 0 saturated heterocycles. The van der Waals surface area contributed by atoms with E-state index in [-0.39, 0.29) is 17.9 Å². The number of aliphatic hydroxyl groups is 1. The molecular formula is C21H24O6. The number of allylic oxidation sites excluding steroid dienone is 1. The van der Waals surface area contributed by atoms with E-state index < -0.39 is 30.1 Å². The van der Waals surface area contributed by atoms with E-state index >= 15 is 0 Å². The highest BCUT2D eigenvalue weighted by Crippen LogP contribution is 2.39. The third-order valence-corrected chi connectivity index (χ3v) is 5.22. The molecule has 144 valence electrons. The van der Waals surface area contributed by atoms with Gasteiger partial charge in [-0.3, -0.25) is 0 Å². The van der Waals surface area contributed by atoms with E-state index in [1.54, 1.807) is 19.1 Å². The normalized spacial score (nSPS) is 27.3. The number of carbonyl (C=O) groups is 2. The Balaban J connectivity index is 2.17. The predicted octanol–water partition coefficient (Wildman–Crippen LogP) is 3.08. The minimum absolute atomic E-state index is 0.184. The fraction of sp³-hybridized carbons (Fsp3) is 0.429. The highest BCUT2D eigenvalue weighted by Gasteiger charge is 2.40. The SMILES string of the molecule is C=C(C)[C@@H]1Cc2oc(cc2C(=O)OC)[C@H](C(=C)C)[C@H]2C=C(C(=O)O2)[C@H](O)C1. The van der Waals surface area contributed by atoms with Crippen molar-refractivity contribution in [2.24, 2.45) is 5.92 Å². The summed E-state index contributed by atoms with van der Waals surface area (Å²) in [5.74, 6) is -0.742. The fourth-order valence-corrected chi connectivity index (χ4v) is 3.68. The molecule has 0 unspecified atom stereocenters. The van der Waals surface area contributed by atoms with Gasteiger partial charge in [0.25, 0.3) is 0 Å². The molecule has 2 aliphatic heterocycles. The van der Waals surface area contributed by atoms with E-state index in [1.807, 2.05) is 6.92 Å². The molecule has 4 bridgehead atoms. The van der Waals surface area contributed by atoms with Crippen LogP contribution in [0.15, 0.2) is 46.4 Å². The van der Waals surface area contributed by atoms with E-state index in [1.165, 1.54) is 7.11 Å². The van der Waals surface area contributed by atoms with Crippen LogP contribution in [0.25, 0.3) is 0 Å². The third kappa shape index (κ3) is 3.49. The molecule has 0 radical (unpaired) electrons. The van der Waals surface area contributed by atoms with Gasteiger partial charge in [0, 0.05) is 6.42 Å². The third-order valence-electron chi connectivity index (χ3n) is 5.22. The molecule has 0 aromatic carbocycles. The van der Waals surface area contributed by atoms with E-state index in [2.05, 4.69) is 13.2 Å². The zero-order chi connectivity index (χ0) is 19.9. The molecule has 1 N–H and O–H groups in total. The number of hydrogen-bond acceptors (Lipinski definition) is 6. The van der Waals surface area contributed by atoms with Crippen molar-refractivity contribution in [1.29, 1.82) is 0 Å². The Hall–Kier alpha value is -2.60. The summed E-state index contributed by atoms with van der Waals surface area (Å²) in [5.41, 5.74) is 2.11. The Morgan fingerprint density at radius 3 is 2.59 bits per heavy atom. The molecule has 3 heterocycles. The van der Waals surface area contributed by atoms with Gasteiger partial charge in [0.1, 0.15) is 23.2 Å². The van der Waals surface area contributed by atoms with Crippen molar-refractivity contribution in [3.05, 3.63) is 59.1 Å². The van der Waals surface area contributed by atoms with E-state index in [9.17, 15) is 14.7 Å². The van der Waals surface area contributed by atoms with Gasteiger partial charge in [0.05, 0.1) is 24.7 Å². The Bertz CT molecular complexity index is 843. The van der Waals surface area contributed by atoms with Crippen molar-refractivity contribution in [2.75, 3.05) is 7.11 Å². The van der Waals surface area contributed by atoms with E-state index in [0.29, 0.717) is 29.1 Å². The first-order valence-corrected chi connectivity index (χ1v) is 8.85. The first-order valence-electron chi connectivity index (χ1n) is 8.85. The average Bonchev–Trinajstić information content (AvgIpc) is 3.16. The highest BCUT2D eigenvalue weighted by molar-refractivity contribution is 5.92. The Morgan fingerprint density at radius 1 is 1.30 bits per heavy atom. The molecular weight excluding hydrogens is 348 g/mol. The molecule has 27 heavy (non-hydrogen) atoms. The van der Waals surface area contributed by atoms with Gasteiger partial charge in [-0.05, 0) is 38.3 Å². The molecule has 0 aliphatic carbocycles. The number of fused-ring (bicyclic) bond motifs is 3. The monoisotopic (exact) mass is 372 g/mol. The number of furan rings is 1. The zero-order valence-corrected chi connectivity index (χ0v) is 15.8. The topological polar surface area (TPSA) is 86.0 Å². The zero-order valence-electron chi connectivity index (χ0n) is 15.8. The number of methoxy groups -OCH3 is 1. The number of carbonyl (C=O) groups excluding carboxylic acids is 2. The lowest BCUT2D eigenvalue weighted by atomic mass is 9.86. The lowest BCUT2D eigenvalue weighted by Gasteiger charge is -2.21. The van der Waals surface area contributed by atoms with Gasteiger partial charge in [-0.25, -0.2) is 9.59 Å². The van der Waals surface area contributed by atoms with Crippen LogP contribution in [0.2, 0.25) is 0 Å². The van der Waals surface area contributed by atoms with Crippen molar-refractivity contribution in [1.82, 2.24) is 0 Å². The summed E-state index contributed by atoms with van der Waals surface area (Å²) in [7, 11) is 1.31. The fourth-order valence-electron chi connectivity index (χ4n) is 3.68. The Kier molecular flexibility index (Phi) is 5.11.